The number of benzene rings is 2. The van der Waals surface area contributed by atoms with Gasteiger partial charge >= 0.3 is 0 Å². The Morgan fingerprint density at radius 3 is 2.56 bits per heavy atom. The van der Waals surface area contributed by atoms with Crippen LogP contribution in [0, 0.1) is 6.92 Å². The van der Waals surface area contributed by atoms with E-state index in [4.69, 9.17) is 0 Å². The van der Waals surface area contributed by atoms with E-state index >= 15 is 0 Å². The molecule has 6 nitrogen and oxygen atoms in total. The lowest BCUT2D eigenvalue weighted by molar-refractivity contribution is 0.965. The molecule has 1 aromatic heterocycles. The summed E-state index contributed by atoms with van der Waals surface area (Å²) in [5, 5.41) is 14.5. The number of nitrogens with zero attached hydrogens (tertiary/aromatic N) is 4. The molecule has 0 aliphatic rings. The van der Waals surface area contributed by atoms with Crippen LogP contribution in [-0.2, 0) is 6.54 Å². The molecule has 0 radical (unpaired) electrons. The van der Waals surface area contributed by atoms with Crippen LogP contribution in [0.15, 0.2) is 54.7 Å². The smallest absolute Gasteiger partial charge is 0.249 e. The summed E-state index contributed by atoms with van der Waals surface area (Å²) in [7, 11) is 4.03. The minimum atomic E-state index is 0.465. The molecular weight excluding hydrogens is 312 g/mol. The fourth-order valence-electron chi connectivity index (χ4n) is 2.43. The van der Waals surface area contributed by atoms with Gasteiger partial charge in [0, 0.05) is 32.0 Å². The molecule has 0 fully saturated rings. The first-order valence-electron chi connectivity index (χ1n) is 8.14. The van der Waals surface area contributed by atoms with Crippen molar-refractivity contribution < 1.29 is 0 Å². The van der Waals surface area contributed by atoms with E-state index in [0.717, 1.165) is 11.4 Å². The molecule has 0 aliphatic carbocycles. The maximum absolute atomic E-state index is 4.46. The summed E-state index contributed by atoms with van der Waals surface area (Å²) in [6.45, 7) is 2.77. The van der Waals surface area contributed by atoms with E-state index in [2.05, 4.69) is 61.9 Å². The molecule has 0 saturated heterocycles. The quantitative estimate of drug-likeness (QED) is 0.718. The zero-order chi connectivity index (χ0) is 17.6. The lowest BCUT2D eigenvalue weighted by atomic mass is 10.1. The van der Waals surface area contributed by atoms with Gasteiger partial charge in [-0.1, -0.05) is 29.8 Å². The zero-order valence-electron chi connectivity index (χ0n) is 14.7. The van der Waals surface area contributed by atoms with Crippen LogP contribution in [0.25, 0.3) is 0 Å². The minimum absolute atomic E-state index is 0.465. The molecule has 0 saturated carbocycles. The Hall–Kier alpha value is -3.15. The summed E-state index contributed by atoms with van der Waals surface area (Å²) in [4.78, 5) is 6.51. The SMILES string of the molecule is Cc1cccc(CNc2cnnc(Nc3ccc(N(C)C)cc3)n2)c1. The third-order valence-corrected chi connectivity index (χ3v) is 3.75. The third-order valence-electron chi connectivity index (χ3n) is 3.75. The minimum Gasteiger partial charge on any atom is -0.378 e. The van der Waals surface area contributed by atoms with Crippen molar-refractivity contribution in [3.63, 3.8) is 0 Å². The molecule has 2 aromatic carbocycles. The highest BCUT2D eigenvalue weighted by atomic mass is 15.3. The predicted molar refractivity (Wildman–Crippen MR) is 102 cm³/mol. The van der Waals surface area contributed by atoms with Gasteiger partial charge in [0.1, 0.15) is 0 Å². The Balaban J connectivity index is 1.64. The maximum atomic E-state index is 4.46. The number of rotatable bonds is 6. The molecule has 0 aliphatic heterocycles. The molecular formula is C19H22N6. The molecule has 0 unspecified atom stereocenters. The first-order chi connectivity index (χ1) is 12.1. The summed E-state index contributed by atoms with van der Waals surface area (Å²) in [5.41, 5.74) is 4.50. The first-order valence-corrected chi connectivity index (χ1v) is 8.14. The second-order valence-corrected chi connectivity index (χ2v) is 6.07. The predicted octanol–water partition coefficient (Wildman–Crippen LogP) is 3.60. The first kappa shape index (κ1) is 16.7. The molecule has 3 rings (SSSR count). The van der Waals surface area contributed by atoms with Crippen molar-refractivity contribution in [3.05, 3.63) is 65.9 Å². The highest BCUT2D eigenvalue weighted by molar-refractivity contribution is 5.59. The van der Waals surface area contributed by atoms with E-state index in [9.17, 15) is 0 Å². The molecule has 0 bridgehead atoms. The van der Waals surface area contributed by atoms with Crippen LogP contribution in [0.5, 0.6) is 0 Å². The monoisotopic (exact) mass is 334 g/mol. The van der Waals surface area contributed by atoms with E-state index < -0.39 is 0 Å². The average molecular weight is 334 g/mol. The fraction of sp³-hybridized carbons (Fsp3) is 0.211. The highest BCUT2D eigenvalue weighted by Crippen LogP contribution is 2.18. The third kappa shape index (κ3) is 4.67. The normalized spacial score (nSPS) is 10.4. The molecule has 2 N–H and O–H groups in total. The molecule has 0 spiro atoms. The van der Waals surface area contributed by atoms with Crippen LogP contribution in [0.3, 0.4) is 0 Å². The molecule has 25 heavy (non-hydrogen) atoms. The number of aryl methyl sites for hydroxylation is 1. The van der Waals surface area contributed by atoms with Gasteiger partial charge < -0.3 is 15.5 Å². The Morgan fingerprint density at radius 1 is 1.04 bits per heavy atom. The Bertz CT molecular complexity index is 829. The van der Waals surface area contributed by atoms with Crippen molar-refractivity contribution >= 4 is 23.1 Å². The Morgan fingerprint density at radius 2 is 1.84 bits per heavy atom. The van der Waals surface area contributed by atoms with Crippen LogP contribution in [-0.4, -0.2) is 29.3 Å². The van der Waals surface area contributed by atoms with Crippen molar-refractivity contribution in [2.45, 2.75) is 13.5 Å². The lowest BCUT2D eigenvalue weighted by Gasteiger charge is -2.13. The average Bonchev–Trinajstić information content (AvgIpc) is 2.61. The van der Waals surface area contributed by atoms with Gasteiger partial charge in [0.2, 0.25) is 5.95 Å². The molecule has 1 heterocycles. The van der Waals surface area contributed by atoms with Gasteiger partial charge in [0.25, 0.3) is 0 Å². The van der Waals surface area contributed by atoms with Gasteiger partial charge in [-0.3, -0.25) is 0 Å². The van der Waals surface area contributed by atoms with Crippen molar-refractivity contribution in [1.82, 2.24) is 15.2 Å². The number of hydrogen-bond donors (Lipinski definition) is 2. The number of nitrogens with one attached hydrogen (secondary N) is 2. The van der Waals surface area contributed by atoms with Gasteiger partial charge in [-0.05, 0) is 36.8 Å². The topological polar surface area (TPSA) is 66.0 Å². The van der Waals surface area contributed by atoms with Crippen LogP contribution >= 0.6 is 0 Å². The summed E-state index contributed by atoms with van der Waals surface area (Å²) in [6, 6.07) is 16.4. The summed E-state index contributed by atoms with van der Waals surface area (Å²) in [5.74, 6) is 1.15. The Labute approximate surface area is 147 Å². The molecule has 0 atom stereocenters. The zero-order valence-corrected chi connectivity index (χ0v) is 14.7. The summed E-state index contributed by atoms with van der Waals surface area (Å²) >= 11 is 0. The molecule has 3 aromatic rings. The number of anilines is 4. The second kappa shape index (κ2) is 7.61. The fourth-order valence-corrected chi connectivity index (χ4v) is 2.43. The van der Waals surface area contributed by atoms with Crippen LogP contribution < -0.4 is 15.5 Å². The van der Waals surface area contributed by atoms with E-state index in [0.29, 0.717) is 18.3 Å². The molecule has 128 valence electrons. The molecule has 6 heteroatoms. The van der Waals surface area contributed by atoms with Crippen molar-refractivity contribution in [2.24, 2.45) is 0 Å². The highest BCUT2D eigenvalue weighted by Gasteiger charge is 2.03. The van der Waals surface area contributed by atoms with Crippen LogP contribution in [0.2, 0.25) is 0 Å². The van der Waals surface area contributed by atoms with Gasteiger partial charge in [-0.2, -0.15) is 10.1 Å². The van der Waals surface area contributed by atoms with Crippen molar-refractivity contribution in [2.75, 3.05) is 29.6 Å². The van der Waals surface area contributed by atoms with Gasteiger partial charge in [-0.25, -0.2) is 0 Å². The van der Waals surface area contributed by atoms with Gasteiger partial charge in [0.05, 0.1) is 6.20 Å². The van der Waals surface area contributed by atoms with E-state index in [1.54, 1.807) is 6.20 Å². The standard InChI is InChI=1S/C19H22N6/c1-14-5-4-6-15(11-14)12-20-18-13-21-24-19(23-18)22-16-7-9-17(10-8-16)25(2)3/h4-11,13H,12H2,1-3H3,(H2,20,22,23,24). The van der Waals surface area contributed by atoms with Crippen molar-refractivity contribution in [3.8, 4) is 0 Å². The van der Waals surface area contributed by atoms with E-state index in [1.165, 1.54) is 11.1 Å². The van der Waals surface area contributed by atoms with Crippen molar-refractivity contribution in [1.29, 1.82) is 0 Å². The number of hydrogen-bond acceptors (Lipinski definition) is 6. The Kier molecular flexibility index (Phi) is 5.09. The number of aromatic nitrogens is 3. The second-order valence-electron chi connectivity index (χ2n) is 6.07. The lowest BCUT2D eigenvalue weighted by Crippen LogP contribution is -2.08. The van der Waals surface area contributed by atoms with E-state index in [-0.39, 0.29) is 0 Å². The largest absolute Gasteiger partial charge is 0.378 e. The maximum Gasteiger partial charge on any atom is 0.249 e. The summed E-state index contributed by atoms with van der Waals surface area (Å²) in [6.07, 6.45) is 1.62. The van der Waals surface area contributed by atoms with Gasteiger partial charge in [0.15, 0.2) is 5.82 Å². The molecule has 0 amide bonds. The van der Waals surface area contributed by atoms with Crippen LogP contribution in [0.1, 0.15) is 11.1 Å². The van der Waals surface area contributed by atoms with Gasteiger partial charge in [-0.15, -0.1) is 5.10 Å². The van der Waals surface area contributed by atoms with E-state index in [1.807, 2.05) is 38.4 Å². The summed E-state index contributed by atoms with van der Waals surface area (Å²) < 4.78 is 0. The van der Waals surface area contributed by atoms with Crippen LogP contribution in [0.4, 0.5) is 23.1 Å².